The molecule has 0 saturated heterocycles. The van der Waals surface area contributed by atoms with E-state index in [1.54, 1.807) is 49.4 Å². The Balaban J connectivity index is 1.87. The van der Waals surface area contributed by atoms with Crippen molar-refractivity contribution in [2.75, 3.05) is 18.5 Å². The van der Waals surface area contributed by atoms with E-state index < -0.39 is 30.4 Å². The molecule has 2 aromatic rings. The number of esters is 1. The Morgan fingerprint density at radius 3 is 2.47 bits per heavy atom. The molecule has 0 heterocycles. The van der Waals surface area contributed by atoms with Crippen LogP contribution in [0.2, 0.25) is 0 Å². The van der Waals surface area contributed by atoms with Crippen LogP contribution in [0.5, 0.6) is 5.75 Å². The highest BCUT2D eigenvalue weighted by Crippen LogP contribution is 2.17. The van der Waals surface area contributed by atoms with Crippen LogP contribution in [0.4, 0.5) is 5.69 Å². The van der Waals surface area contributed by atoms with Crippen LogP contribution in [0.1, 0.15) is 41.5 Å². The minimum atomic E-state index is -1.09. The summed E-state index contributed by atoms with van der Waals surface area (Å²) in [7, 11) is 0. The van der Waals surface area contributed by atoms with Crippen molar-refractivity contribution >= 4 is 29.3 Å². The first-order chi connectivity index (χ1) is 14.3. The van der Waals surface area contributed by atoms with Gasteiger partial charge in [0.25, 0.3) is 11.8 Å². The fraction of sp³-hybridized carbons (Fsp3) is 0.273. The van der Waals surface area contributed by atoms with Crippen LogP contribution in [0.25, 0.3) is 0 Å². The number of hydrogen-bond acceptors (Lipinski definition) is 6. The zero-order chi connectivity index (χ0) is 22.1. The van der Waals surface area contributed by atoms with Gasteiger partial charge in [0, 0.05) is 11.3 Å². The molecule has 1 atom stereocenters. The average molecular weight is 412 g/mol. The smallest absolute Gasteiger partial charge is 0.326 e. The summed E-state index contributed by atoms with van der Waals surface area (Å²) in [4.78, 5) is 47.9. The lowest BCUT2D eigenvalue weighted by molar-refractivity contribution is -0.152. The molecule has 0 unspecified atom stereocenters. The van der Waals surface area contributed by atoms with E-state index in [4.69, 9.17) is 9.47 Å². The maximum atomic E-state index is 12.3. The summed E-state index contributed by atoms with van der Waals surface area (Å²) in [6, 6.07) is 13.1. The van der Waals surface area contributed by atoms with E-state index in [1.165, 1.54) is 19.9 Å². The summed E-state index contributed by atoms with van der Waals surface area (Å²) in [5.41, 5.74) is 1.16. The van der Waals surface area contributed by atoms with E-state index >= 15 is 0 Å². The van der Waals surface area contributed by atoms with Crippen LogP contribution in [0, 0.1) is 0 Å². The largest absolute Gasteiger partial charge is 0.493 e. The number of amides is 2. The van der Waals surface area contributed by atoms with Gasteiger partial charge < -0.3 is 20.1 Å². The van der Waals surface area contributed by atoms with Crippen LogP contribution in [0.15, 0.2) is 48.5 Å². The van der Waals surface area contributed by atoms with Crippen LogP contribution in [-0.4, -0.2) is 42.8 Å². The van der Waals surface area contributed by atoms with Gasteiger partial charge in [-0.3, -0.25) is 19.2 Å². The summed E-state index contributed by atoms with van der Waals surface area (Å²) < 4.78 is 10.5. The monoisotopic (exact) mass is 412 g/mol. The Bertz CT molecular complexity index is 941. The summed E-state index contributed by atoms with van der Waals surface area (Å²) in [5, 5.41) is 5.03. The van der Waals surface area contributed by atoms with E-state index in [1.807, 2.05) is 0 Å². The number of Topliss-reactive ketones (excluding diaryl/α,β-unsaturated/α-hetero) is 1. The SMILES string of the molecule is CCOc1ccccc1C(=O)NCC(=O)O[C@@H](C)C(=O)Nc1cccc(C(C)=O)c1. The van der Waals surface area contributed by atoms with Gasteiger partial charge in [-0.25, -0.2) is 0 Å². The van der Waals surface area contributed by atoms with Crippen molar-refractivity contribution in [2.45, 2.75) is 26.9 Å². The Hall–Kier alpha value is -3.68. The molecule has 8 nitrogen and oxygen atoms in total. The van der Waals surface area contributed by atoms with Crippen LogP contribution in [-0.2, 0) is 14.3 Å². The molecule has 158 valence electrons. The summed E-state index contributed by atoms with van der Waals surface area (Å²) in [6.07, 6.45) is -1.09. The first-order valence-corrected chi connectivity index (χ1v) is 9.43. The minimum Gasteiger partial charge on any atom is -0.493 e. The first kappa shape index (κ1) is 22.6. The molecule has 8 heteroatoms. The third-order valence-corrected chi connectivity index (χ3v) is 4.04. The Morgan fingerprint density at radius 1 is 1.03 bits per heavy atom. The van der Waals surface area contributed by atoms with Gasteiger partial charge in [-0.15, -0.1) is 0 Å². The number of carbonyl (C=O) groups is 4. The quantitative estimate of drug-likeness (QED) is 0.484. The predicted octanol–water partition coefficient (Wildman–Crippen LogP) is 2.59. The second-order valence-electron chi connectivity index (χ2n) is 6.37. The number of rotatable bonds is 9. The standard InChI is InChI=1S/C22H24N2O6/c1-4-29-19-11-6-5-10-18(19)22(28)23-13-20(26)30-15(3)21(27)24-17-9-7-8-16(12-17)14(2)25/h5-12,15H,4,13H2,1-3H3,(H,23,28)(H,24,27)/t15-/m0/s1. The zero-order valence-corrected chi connectivity index (χ0v) is 17.1. The van der Waals surface area contributed by atoms with E-state index in [0.29, 0.717) is 29.2 Å². The van der Waals surface area contributed by atoms with Crippen molar-refractivity contribution in [1.82, 2.24) is 5.32 Å². The third-order valence-electron chi connectivity index (χ3n) is 4.04. The molecule has 0 fully saturated rings. The van der Waals surface area contributed by atoms with Gasteiger partial charge in [-0.1, -0.05) is 24.3 Å². The fourth-order valence-corrected chi connectivity index (χ4v) is 2.54. The molecule has 0 spiro atoms. The molecule has 0 bridgehead atoms. The number of benzene rings is 2. The molecule has 30 heavy (non-hydrogen) atoms. The number of ketones is 1. The molecule has 0 aliphatic heterocycles. The second kappa shape index (κ2) is 10.8. The highest BCUT2D eigenvalue weighted by molar-refractivity contribution is 6.00. The molecular weight excluding hydrogens is 388 g/mol. The third kappa shape index (κ3) is 6.44. The van der Waals surface area contributed by atoms with Crippen molar-refractivity contribution in [3.8, 4) is 5.75 Å². The topological polar surface area (TPSA) is 111 Å². The predicted molar refractivity (Wildman–Crippen MR) is 111 cm³/mol. The molecular formula is C22H24N2O6. The van der Waals surface area contributed by atoms with Gasteiger partial charge in [-0.05, 0) is 45.0 Å². The maximum absolute atomic E-state index is 12.3. The zero-order valence-electron chi connectivity index (χ0n) is 17.1. The molecule has 0 aliphatic rings. The number of ether oxygens (including phenoxy) is 2. The molecule has 2 aromatic carbocycles. The van der Waals surface area contributed by atoms with Crippen molar-refractivity contribution in [3.63, 3.8) is 0 Å². The van der Waals surface area contributed by atoms with Gasteiger partial charge in [0.1, 0.15) is 12.3 Å². The van der Waals surface area contributed by atoms with Gasteiger partial charge in [0.05, 0.1) is 12.2 Å². The highest BCUT2D eigenvalue weighted by Gasteiger charge is 2.19. The van der Waals surface area contributed by atoms with Gasteiger partial charge >= 0.3 is 5.97 Å². The minimum absolute atomic E-state index is 0.132. The summed E-state index contributed by atoms with van der Waals surface area (Å²) >= 11 is 0. The molecule has 2 rings (SSSR count). The number of para-hydroxylation sites is 1. The second-order valence-corrected chi connectivity index (χ2v) is 6.37. The lowest BCUT2D eigenvalue weighted by Crippen LogP contribution is -2.36. The number of hydrogen-bond donors (Lipinski definition) is 2. The molecule has 0 aliphatic carbocycles. The lowest BCUT2D eigenvalue weighted by Gasteiger charge is -2.14. The highest BCUT2D eigenvalue weighted by atomic mass is 16.5. The number of anilines is 1. The van der Waals surface area contributed by atoms with Crippen molar-refractivity contribution in [2.24, 2.45) is 0 Å². The lowest BCUT2D eigenvalue weighted by atomic mass is 10.1. The van der Waals surface area contributed by atoms with E-state index in [2.05, 4.69) is 10.6 Å². The molecule has 0 aromatic heterocycles. The van der Waals surface area contributed by atoms with E-state index in [9.17, 15) is 19.2 Å². The summed E-state index contributed by atoms with van der Waals surface area (Å²) in [5.74, 6) is -1.54. The van der Waals surface area contributed by atoms with Crippen molar-refractivity contribution in [3.05, 3.63) is 59.7 Å². The molecule has 2 N–H and O–H groups in total. The first-order valence-electron chi connectivity index (χ1n) is 9.43. The van der Waals surface area contributed by atoms with Gasteiger partial charge in [0.15, 0.2) is 11.9 Å². The summed E-state index contributed by atoms with van der Waals surface area (Å²) in [6.45, 7) is 4.63. The molecule has 0 saturated carbocycles. The normalized spacial score (nSPS) is 11.2. The van der Waals surface area contributed by atoms with Crippen LogP contribution in [0.3, 0.4) is 0 Å². The Morgan fingerprint density at radius 2 is 1.77 bits per heavy atom. The van der Waals surface area contributed by atoms with Crippen molar-refractivity contribution in [1.29, 1.82) is 0 Å². The number of carbonyl (C=O) groups excluding carboxylic acids is 4. The van der Waals surface area contributed by atoms with E-state index in [0.717, 1.165) is 0 Å². The maximum Gasteiger partial charge on any atom is 0.326 e. The number of nitrogens with one attached hydrogen (secondary N) is 2. The van der Waals surface area contributed by atoms with Crippen LogP contribution >= 0.6 is 0 Å². The molecule has 2 amide bonds. The van der Waals surface area contributed by atoms with E-state index in [-0.39, 0.29) is 5.78 Å². The van der Waals surface area contributed by atoms with Gasteiger partial charge in [0.2, 0.25) is 0 Å². The van der Waals surface area contributed by atoms with Crippen molar-refractivity contribution < 1.29 is 28.7 Å². The van der Waals surface area contributed by atoms with Crippen LogP contribution < -0.4 is 15.4 Å². The Labute approximate surface area is 174 Å². The van der Waals surface area contributed by atoms with Gasteiger partial charge in [-0.2, -0.15) is 0 Å². The average Bonchev–Trinajstić information content (AvgIpc) is 2.72. The Kier molecular flexibility index (Phi) is 8.10. The molecule has 0 radical (unpaired) electrons. The fourth-order valence-electron chi connectivity index (χ4n) is 2.54.